The molecule has 0 bridgehead atoms. The summed E-state index contributed by atoms with van der Waals surface area (Å²) in [5.41, 5.74) is 2.98. The van der Waals surface area contributed by atoms with Crippen LogP contribution in [-0.2, 0) is 17.8 Å². The van der Waals surface area contributed by atoms with Crippen LogP contribution in [0.25, 0.3) is 11.0 Å². The van der Waals surface area contributed by atoms with Gasteiger partial charge in [-0.15, -0.1) is 13.2 Å². The molecule has 0 spiro atoms. The lowest BCUT2D eigenvalue weighted by atomic mass is 10.1. The third-order valence-electron chi connectivity index (χ3n) is 5.42. The molecule has 2 aromatic carbocycles. The number of aryl methyl sites for hydroxylation is 1. The number of hydrogen-bond acceptors (Lipinski definition) is 5. The van der Waals surface area contributed by atoms with Crippen molar-refractivity contribution in [1.29, 1.82) is 0 Å². The molecule has 10 heteroatoms. The van der Waals surface area contributed by atoms with Crippen LogP contribution in [0.4, 0.5) is 13.2 Å². The molecule has 0 saturated heterocycles. The minimum Gasteiger partial charge on any atom is -0.406 e. The van der Waals surface area contributed by atoms with Gasteiger partial charge in [0, 0.05) is 25.6 Å². The Morgan fingerprint density at radius 1 is 1.09 bits per heavy atom. The smallest absolute Gasteiger partial charge is 0.406 e. The van der Waals surface area contributed by atoms with Gasteiger partial charge in [0.25, 0.3) is 0 Å². The fourth-order valence-electron chi connectivity index (χ4n) is 3.78. The van der Waals surface area contributed by atoms with Crippen LogP contribution < -0.4 is 10.1 Å². The summed E-state index contributed by atoms with van der Waals surface area (Å²) in [5.74, 6) is 0.101. The van der Waals surface area contributed by atoms with Crippen molar-refractivity contribution in [3.63, 3.8) is 0 Å². The predicted octanol–water partition coefficient (Wildman–Crippen LogP) is 4.16. The van der Waals surface area contributed by atoms with Crippen molar-refractivity contribution in [2.75, 3.05) is 6.61 Å². The summed E-state index contributed by atoms with van der Waals surface area (Å²) < 4.78 is 43.1. The Labute approximate surface area is 199 Å². The second kappa shape index (κ2) is 10.6. The SMILES string of the molecule is O=C(CCc1nc2ccncc2n1Cc1ccc(OC(F)(F)F)cc1)NC(CO)c1ccccc1. The molecule has 4 rings (SSSR count). The zero-order valence-corrected chi connectivity index (χ0v) is 18.6. The van der Waals surface area contributed by atoms with E-state index in [2.05, 4.69) is 20.0 Å². The number of aliphatic hydroxyl groups is 1. The number of ether oxygens (including phenoxy) is 1. The Balaban J connectivity index is 1.48. The first-order valence-electron chi connectivity index (χ1n) is 10.9. The number of benzene rings is 2. The second-order valence-electron chi connectivity index (χ2n) is 7.88. The van der Waals surface area contributed by atoms with Gasteiger partial charge >= 0.3 is 6.36 Å². The predicted molar refractivity (Wildman–Crippen MR) is 122 cm³/mol. The van der Waals surface area contributed by atoms with Gasteiger partial charge in [0.1, 0.15) is 11.6 Å². The van der Waals surface area contributed by atoms with Gasteiger partial charge in [0.2, 0.25) is 5.91 Å². The van der Waals surface area contributed by atoms with Gasteiger partial charge in [-0.2, -0.15) is 0 Å². The molecule has 1 unspecified atom stereocenters. The first-order valence-corrected chi connectivity index (χ1v) is 10.9. The molecule has 0 aliphatic rings. The molecule has 182 valence electrons. The van der Waals surface area contributed by atoms with Crippen LogP contribution in [0.15, 0.2) is 73.1 Å². The second-order valence-corrected chi connectivity index (χ2v) is 7.88. The topological polar surface area (TPSA) is 89.3 Å². The number of nitrogens with one attached hydrogen (secondary N) is 1. The average molecular weight is 484 g/mol. The minimum absolute atomic E-state index is 0.137. The fraction of sp³-hybridized carbons (Fsp3) is 0.240. The number of aromatic nitrogens is 3. The molecule has 0 saturated carbocycles. The number of hydrogen-bond donors (Lipinski definition) is 2. The van der Waals surface area contributed by atoms with Crippen LogP contribution in [0.5, 0.6) is 5.75 Å². The van der Waals surface area contributed by atoms with E-state index in [4.69, 9.17) is 0 Å². The van der Waals surface area contributed by atoms with Crippen molar-refractivity contribution < 1.29 is 27.8 Å². The largest absolute Gasteiger partial charge is 0.573 e. The maximum atomic E-state index is 12.6. The molecule has 0 aliphatic carbocycles. The molecule has 4 aromatic rings. The van der Waals surface area contributed by atoms with Crippen LogP contribution in [0.3, 0.4) is 0 Å². The van der Waals surface area contributed by atoms with Crippen LogP contribution in [0.2, 0.25) is 0 Å². The van der Waals surface area contributed by atoms with Crippen molar-refractivity contribution in [2.45, 2.75) is 31.8 Å². The number of rotatable bonds is 9. The van der Waals surface area contributed by atoms with Gasteiger partial charge in [-0.1, -0.05) is 42.5 Å². The first kappa shape index (κ1) is 24.2. The Hall–Kier alpha value is -3.92. The summed E-state index contributed by atoms with van der Waals surface area (Å²) in [6, 6.07) is 16.0. The number of pyridine rings is 1. The number of imidazole rings is 1. The molecular formula is C25H23F3N4O3. The summed E-state index contributed by atoms with van der Waals surface area (Å²) in [7, 11) is 0. The summed E-state index contributed by atoms with van der Waals surface area (Å²) in [5, 5.41) is 12.5. The number of amides is 1. The Morgan fingerprint density at radius 3 is 2.51 bits per heavy atom. The maximum absolute atomic E-state index is 12.6. The number of halogens is 3. The molecular weight excluding hydrogens is 461 g/mol. The number of aliphatic hydroxyl groups excluding tert-OH is 1. The van der Waals surface area contributed by atoms with Gasteiger partial charge in [-0.05, 0) is 29.3 Å². The van der Waals surface area contributed by atoms with E-state index in [1.807, 2.05) is 34.9 Å². The molecule has 0 radical (unpaired) electrons. The monoisotopic (exact) mass is 484 g/mol. The van der Waals surface area contributed by atoms with Gasteiger partial charge in [-0.25, -0.2) is 4.98 Å². The highest BCUT2D eigenvalue weighted by Gasteiger charge is 2.31. The maximum Gasteiger partial charge on any atom is 0.573 e. The Morgan fingerprint density at radius 2 is 1.83 bits per heavy atom. The zero-order valence-electron chi connectivity index (χ0n) is 18.6. The number of nitrogens with zero attached hydrogens (tertiary/aromatic N) is 3. The quantitative estimate of drug-likeness (QED) is 0.373. The van der Waals surface area contributed by atoms with Crippen LogP contribution in [0.1, 0.15) is 29.4 Å². The van der Waals surface area contributed by atoms with Crippen LogP contribution >= 0.6 is 0 Å². The van der Waals surface area contributed by atoms with E-state index in [0.29, 0.717) is 24.3 Å². The first-order chi connectivity index (χ1) is 16.8. The molecule has 2 heterocycles. The van der Waals surface area contributed by atoms with Crippen LogP contribution in [0, 0.1) is 0 Å². The van der Waals surface area contributed by atoms with E-state index in [1.54, 1.807) is 30.6 Å². The highest BCUT2D eigenvalue weighted by molar-refractivity contribution is 5.77. The molecule has 2 N–H and O–H groups in total. The van der Waals surface area contributed by atoms with E-state index in [0.717, 1.165) is 16.6 Å². The summed E-state index contributed by atoms with van der Waals surface area (Å²) in [6.07, 6.45) is -1.02. The van der Waals surface area contributed by atoms with Gasteiger partial charge in [0.05, 0.1) is 29.9 Å². The third-order valence-corrected chi connectivity index (χ3v) is 5.42. The van der Waals surface area contributed by atoms with Gasteiger partial charge in [-0.3, -0.25) is 9.78 Å². The molecule has 1 atom stereocenters. The van der Waals surface area contributed by atoms with Crippen molar-refractivity contribution in [3.8, 4) is 5.75 Å². The molecule has 0 fully saturated rings. The fourth-order valence-corrected chi connectivity index (χ4v) is 3.78. The normalized spacial score (nSPS) is 12.5. The lowest BCUT2D eigenvalue weighted by molar-refractivity contribution is -0.274. The highest BCUT2D eigenvalue weighted by Crippen LogP contribution is 2.24. The standard InChI is InChI=1S/C25H23F3N4O3/c26-25(27,28)35-19-8-6-17(7-9-19)15-32-22-14-29-13-12-20(22)30-23(32)10-11-24(34)31-21(16-33)18-4-2-1-3-5-18/h1-9,12-14,21,33H,10-11,15-16H2,(H,31,34). The minimum atomic E-state index is -4.75. The lowest BCUT2D eigenvalue weighted by Gasteiger charge is -2.17. The summed E-state index contributed by atoms with van der Waals surface area (Å²) in [4.78, 5) is 21.4. The van der Waals surface area contributed by atoms with Crippen molar-refractivity contribution in [1.82, 2.24) is 19.9 Å². The Bertz CT molecular complexity index is 1270. The lowest BCUT2D eigenvalue weighted by Crippen LogP contribution is -2.31. The van der Waals surface area contributed by atoms with Crippen molar-refractivity contribution >= 4 is 16.9 Å². The summed E-state index contributed by atoms with van der Waals surface area (Å²) >= 11 is 0. The van der Waals surface area contributed by atoms with E-state index in [9.17, 15) is 23.1 Å². The van der Waals surface area contributed by atoms with Crippen molar-refractivity contribution in [3.05, 3.63) is 90.0 Å². The molecule has 0 aliphatic heterocycles. The van der Waals surface area contributed by atoms with Gasteiger partial charge in [0.15, 0.2) is 0 Å². The zero-order chi connectivity index (χ0) is 24.8. The van der Waals surface area contributed by atoms with Gasteiger partial charge < -0.3 is 19.7 Å². The Kier molecular flexibility index (Phi) is 7.31. The van der Waals surface area contributed by atoms with E-state index < -0.39 is 12.4 Å². The average Bonchev–Trinajstić information content (AvgIpc) is 3.19. The number of fused-ring (bicyclic) bond motifs is 1. The van der Waals surface area contributed by atoms with E-state index in [1.165, 1.54) is 12.1 Å². The summed E-state index contributed by atoms with van der Waals surface area (Å²) in [6.45, 7) is 0.0999. The molecule has 7 nitrogen and oxygen atoms in total. The van der Waals surface area contributed by atoms with E-state index in [-0.39, 0.29) is 24.7 Å². The molecule has 1 amide bonds. The van der Waals surface area contributed by atoms with E-state index >= 15 is 0 Å². The molecule has 35 heavy (non-hydrogen) atoms. The number of carbonyl (C=O) groups is 1. The molecule has 2 aromatic heterocycles. The third kappa shape index (κ3) is 6.36. The highest BCUT2D eigenvalue weighted by atomic mass is 19.4. The van der Waals surface area contributed by atoms with Crippen LogP contribution in [-0.4, -0.2) is 38.5 Å². The number of alkyl halides is 3. The number of carbonyl (C=O) groups excluding carboxylic acids is 1. The van der Waals surface area contributed by atoms with Crippen molar-refractivity contribution in [2.24, 2.45) is 0 Å².